The van der Waals surface area contributed by atoms with E-state index >= 15 is 0 Å². The summed E-state index contributed by atoms with van der Waals surface area (Å²) in [7, 11) is 1.61. The molecule has 80 valence electrons. The summed E-state index contributed by atoms with van der Waals surface area (Å²) in [5, 5.41) is 3.84. The molecule has 5 heteroatoms. The molecule has 0 spiro atoms. The molecule has 1 unspecified atom stereocenters. The molecule has 1 atom stereocenters. The average molecular weight is 199 g/mol. The van der Waals surface area contributed by atoms with E-state index in [1.165, 1.54) is 0 Å². The molecule has 0 aliphatic rings. The van der Waals surface area contributed by atoms with Crippen LogP contribution in [0.15, 0.2) is 4.52 Å². The van der Waals surface area contributed by atoms with E-state index in [9.17, 15) is 0 Å². The predicted octanol–water partition coefficient (Wildman–Crippen LogP) is 0.834. The molecule has 0 amide bonds. The van der Waals surface area contributed by atoms with Crippen molar-refractivity contribution in [2.75, 3.05) is 13.7 Å². The van der Waals surface area contributed by atoms with Gasteiger partial charge in [-0.3, -0.25) is 0 Å². The summed E-state index contributed by atoms with van der Waals surface area (Å²) in [6.07, 6.45) is 0. The van der Waals surface area contributed by atoms with Crippen molar-refractivity contribution in [1.29, 1.82) is 0 Å². The summed E-state index contributed by atoms with van der Waals surface area (Å²) in [6, 6.07) is 0. The number of nitrogens with two attached hydrogens (primary N) is 1. The van der Waals surface area contributed by atoms with Crippen LogP contribution in [0.5, 0.6) is 0 Å². The second-order valence-electron chi connectivity index (χ2n) is 3.77. The van der Waals surface area contributed by atoms with Gasteiger partial charge >= 0.3 is 0 Å². The Balaban J connectivity index is 2.98. The summed E-state index contributed by atoms with van der Waals surface area (Å²) < 4.78 is 10.00. The van der Waals surface area contributed by atoms with Gasteiger partial charge in [0.2, 0.25) is 5.89 Å². The molecule has 0 radical (unpaired) electrons. The Morgan fingerprint density at radius 1 is 1.57 bits per heavy atom. The lowest BCUT2D eigenvalue weighted by molar-refractivity contribution is 0.0965. The van der Waals surface area contributed by atoms with E-state index in [-0.39, 0.29) is 5.92 Å². The molecule has 0 aliphatic heterocycles. The maximum Gasteiger partial charge on any atom is 0.223 e. The zero-order valence-corrected chi connectivity index (χ0v) is 9.07. The van der Waals surface area contributed by atoms with E-state index in [0.717, 1.165) is 0 Å². The second kappa shape index (κ2) is 4.06. The van der Waals surface area contributed by atoms with E-state index in [4.69, 9.17) is 15.0 Å². The van der Waals surface area contributed by atoms with Gasteiger partial charge in [0.25, 0.3) is 0 Å². The normalized spacial score (nSPS) is 15.9. The molecule has 0 bridgehead atoms. The molecule has 5 nitrogen and oxygen atoms in total. The predicted molar refractivity (Wildman–Crippen MR) is 51.6 cm³/mol. The van der Waals surface area contributed by atoms with Crippen molar-refractivity contribution in [3.63, 3.8) is 0 Å². The smallest absolute Gasteiger partial charge is 0.223 e. The number of aromatic nitrogens is 2. The molecular formula is C9H17N3O2. The highest BCUT2D eigenvalue weighted by molar-refractivity contribution is 5.05. The number of methoxy groups -OCH3 is 1. The largest absolute Gasteiger partial charge is 0.382 e. The molecular weight excluding hydrogens is 182 g/mol. The second-order valence-corrected chi connectivity index (χ2v) is 3.77. The molecule has 1 heterocycles. The minimum atomic E-state index is -0.674. The van der Waals surface area contributed by atoms with Crippen LogP contribution in [-0.2, 0) is 10.3 Å². The third kappa shape index (κ3) is 1.93. The van der Waals surface area contributed by atoms with Crippen LogP contribution in [0.4, 0.5) is 0 Å². The highest BCUT2D eigenvalue weighted by Gasteiger charge is 2.36. The maximum absolute atomic E-state index is 6.18. The van der Waals surface area contributed by atoms with Gasteiger partial charge in [-0.1, -0.05) is 19.0 Å². The molecule has 0 fully saturated rings. The monoisotopic (exact) mass is 199 g/mol. The van der Waals surface area contributed by atoms with Gasteiger partial charge in [-0.05, 0) is 5.92 Å². The Labute approximate surface area is 83.6 Å². The van der Waals surface area contributed by atoms with E-state index < -0.39 is 5.54 Å². The third-order valence-electron chi connectivity index (χ3n) is 2.36. The molecule has 1 aromatic rings. The minimum absolute atomic E-state index is 0.180. The zero-order valence-electron chi connectivity index (χ0n) is 9.07. The van der Waals surface area contributed by atoms with Crippen molar-refractivity contribution in [3.05, 3.63) is 11.7 Å². The van der Waals surface area contributed by atoms with Gasteiger partial charge < -0.3 is 15.0 Å². The van der Waals surface area contributed by atoms with Gasteiger partial charge in [0, 0.05) is 14.0 Å². The quantitative estimate of drug-likeness (QED) is 0.777. The minimum Gasteiger partial charge on any atom is -0.382 e. The fourth-order valence-corrected chi connectivity index (χ4v) is 1.22. The van der Waals surface area contributed by atoms with E-state index in [2.05, 4.69) is 10.1 Å². The summed E-state index contributed by atoms with van der Waals surface area (Å²) in [6.45, 7) is 6.13. The van der Waals surface area contributed by atoms with Crippen LogP contribution in [-0.4, -0.2) is 23.9 Å². The number of aryl methyl sites for hydroxylation is 1. The Morgan fingerprint density at radius 3 is 2.57 bits per heavy atom. The lowest BCUT2D eigenvalue weighted by atomic mass is 9.87. The number of rotatable bonds is 4. The van der Waals surface area contributed by atoms with Crippen LogP contribution >= 0.6 is 0 Å². The molecule has 0 aromatic carbocycles. The molecule has 0 saturated heterocycles. The fourth-order valence-electron chi connectivity index (χ4n) is 1.22. The molecule has 1 aromatic heterocycles. The lowest BCUT2D eigenvalue weighted by Crippen LogP contribution is -2.47. The van der Waals surface area contributed by atoms with Gasteiger partial charge in [0.05, 0.1) is 6.61 Å². The van der Waals surface area contributed by atoms with Gasteiger partial charge in [0.1, 0.15) is 5.54 Å². The van der Waals surface area contributed by atoms with Crippen LogP contribution in [0.2, 0.25) is 0 Å². The van der Waals surface area contributed by atoms with Crippen LogP contribution < -0.4 is 5.73 Å². The summed E-state index contributed by atoms with van der Waals surface area (Å²) in [4.78, 5) is 4.14. The number of ether oxygens (including phenoxy) is 1. The Hall–Kier alpha value is -0.940. The highest BCUT2D eigenvalue weighted by atomic mass is 16.5. The molecule has 0 aliphatic carbocycles. The first-order chi connectivity index (χ1) is 6.50. The summed E-state index contributed by atoms with van der Waals surface area (Å²) >= 11 is 0. The van der Waals surface area contributed by atoms with E-state index in [1.807, 2.05) is 13.8 Å². The van der Waals surface area contributed by atoms with Gasteiger partial charge in [-0.15, -0.1) is 0 Å². The number of hydrogen-bond acceptors (Lipinski definition) is 5. The van der Waals surface area contributed by atoms with Crippen molar-refractivity contribution in [2.24, 2.45) is 11.7 Å². The van der Waals surface area contributed by atoms with Crippen molar-refractivity contribution >= 4 is 0 Å². The van der Waals surface area contributed by atoms with E-state index in [1.54, 1.807) is 14.0 Å². The molecule has 2 N–H and O–H groups in total. The van der Waals surface area contributed by atoms with Gasteiger partial charge in [-0.2, -0.15) is 4.98 Å². The SMILES string of the molecule is COCC(N)(c1noc(C)n1)C(C)C. The first kappa shape index (κ1) is 11.1. The topological polar surface area (TPSA) is 74.2 Å². The van der Waals surface area contributed by atoms with Gasteiger partial charge in [-0.25, -0.2) is 0 Å². The number of nitrogens with zero attached hydrogens (tertiary/aromatic N) is 2. The fraction of sp³-hybridized carbons (Fsp3) is 0.778. The molecule has 14 heavy (non-hydrogen) atoms. The van der Waals surface area contributed by atoms with Crippen molar-refractivity contribution < 1.29 is 9.26 Å². The molecule has 0 saturated carbocycles. The Morgan fingerprint density at radius 2 is 2.21 bits per heavy atom. The zero-order chi connectivity index (χ0) is 10.8. The Kier molecular flexibility index (Phi) is 3.23. The maximum atomic E-state index is 6.18. The lowest BCUT2D eigenvalue weighted by Gasteiger charge is -2.29. The van der Waals surface area contributed by atoms with Crippen LogP contribution in [0.1, 0.15) is 25.6 Å². The van der Waals surface area contributed by atoms with Crippen LogP contribution in [0.25, 0.3) is 0 Å². The summed E-state index contributed by atoms with van der Waals surface area (Å²) in [5.41, 5.74) is 5.50. The first-order valence-electron chi connectivity index (χ1n) is 4.59. The van der Waals surface area contributed by atoms with Crippen LogP contribution in [0, 0.1) is 12.8 Å². The van der Waals surface area contributed by atoms with Crippen molar-refractivity contribution in [3.8, 4) is 0 Å². The Bertz CT molecular complexity index is 298. The average Bonchev–Trinajstić information content (AvgIpc) is 2.52. The van der Waals surface area contributed by atoms with Crippen LogP contribution in [0.3, 0.4) is 0 Å². The van der Waals surface area contributed by atoms with Gasteiger partial charge in [0.15, 0.2) is 5.82 Å². The third-order valence-corrected chi connectivity index (χ3v) is 2.36. The van der Waals surface area contributed by atoms with Crippen molar-refractivity contribution in [2.45, 2.75) is 26.3 Å². The number of hydrogen-bond donors (Lipinski definition) is 1. The van der Waals surface area contributed by atoms with E-state index in [0.29, 0.717) is 18.3 Å². The summed E-state index contributed by atoms with van der Waals surface area (Å²) in [5.74, 6) is 1.21. The highest BCUT2D eigenvalue weighted by Crippen LogP contribution is 2.24. The van der Waals surface area contributed by atoms with Crippen molar-refractivity contribution in [1.82, 2.24) is 10.1 Å². The standard InChI is InChI=1S/C9H17N3O2/c1-6(2)9(10,5-13-4)8-11-7(3)14-12-8/h6H,5,10H2,1-4H3. The molecule has 1 rings (SSSR count). The first-order valence-corrected chi connectivity index (χ1v) is 4.59.